The Morgan fingerprint density at radius 2 is 2.00 bits per heavy atom. The van der Waals surface area contributed by atoms with Gasteiger partial charge in [-0.3, -0.25) is 4.68 Å². The van der Waals surface area contributed by atoms with Crippen molar-refractivity contribution in [1.29, 1.82) is 0 Å². The molecule has 0 saturated heterocycles. The van der Waals surface area contributed by atoms with Crippen molar-refractivity contribution in [3.05, 3.63) is 42.0 Å². The van der Waals surface area contributed by atoms with Crippen LogP contribution in [0.4, 0.5) is 0 Å². The lowest BCUT2D eigenvalue weighted by Crippen LogP contribution is -2.19. The molecule has 1 heterocycles. The van der Waals surface area contributed by atoms with Crippen molar-refractivity contribution in [2.24, 2.45) is 7.05 Å². The molecular formula is C15H22N4O. The normalized spacial score (nSPS) is 12.3. The standard InChI is InChI=1S/C15H22N4O/c1-4-14(16-5-2)12-6-8-13(9-7-12)20-10-15-17-11-18-19(15)3/h6-9,11,14,16H,4-5,10H2,1-3H3. The van der Waals surface area contributed by atoms with Crippen LogP contribution in [0, 0.1) is 0 Å². The molecule has 108 valence electrons. The Hall–Kier alpha value is -1.88. The van der Waals surface area contributed by atoms with Gasteiger partial charge in [0.2, 0.25) is 0 Å². The number of benzene rings is 1. The van der Waals surface area contributed by atoms with Crippen LogP contribution in [0.15, 0.2) is 30.6 Å². The van der Waals surface area contributed by atoms with Gasteiger partial charge in [-0.1, -0.05) is 26.0 Å². The number of nitrogens with zero attached hydrogens (tertiary/aromatic N) is 3. The summed E-state index contributed by atoms with van der Waals surface area (Å²) in [6.45, 7) is 5.72. The molecule has 0 bridgehead atoms. The summed E-state index contributed by atoms with van der Waals surface area (Å²) >= 11 is 0. The minimum Gasteiger partial charge on any atom is -0.486 e. The van der Waals surface area contributed by atoms with Crippen molar-refractivity contribution in [3.8, 4) is 5.75 Å². The fraction of sp³-hybridized carbons (Fsp3) is 0.467. The zero-order chi connectivity index (χ0) is 14.4. The summed E-state index contributed by atoms with van der Waals surface area (Å²) in [6, 6.07) is 8.65. The van der Waals surface area contributed by atoms with Crippen LogP contribution in [0.25, 0.3) is 0 Å². The van der Waals surface area contributed by atoms with E-state index < -0.39 is 0 Å². The summed E-state index contributed by atoms with van der Waals surface area (Å²) in [5, 5.41) is 7.48. The number of nitrogens with one attached hydrogen (secondary N) is 1. The quantitative estimate of drug-likeness (QED) is 0.842. The first-order valence-electron chi connectivity index (χ1n) is 7.03. The maximum Gasteiger partial charge on any atom is 0.164 e. The molecule has 0 aliphatic carbocycles. The number of hydrogen-bond donors (Lipinski definition) is 1. The molecule has 0 amide bonds. The van der Waals surface area contributed by atoms with Gasteiger partial charge in [0.15, 0.2) is 5.82 Å². The summed E-state index contributed by atoms with van der Waals surface area (Å²) in [6.07, 6.45) is 2.61. The molecule has 1 aromatic carbocycles. The SMILES string of the molecule is CCNC(CC)c1ccc(OCc2ncnn2C)cc1. The molecule has 20 heavy (non-hydrogen) atoms. The van der Waals surface area contributed by atoms with E-state index in [1.807, 2.05) is 19.2 Å². The Balaban J connectivity index is 1.96. The second-order valence-electron chi connectivity index (χ2n) is 4.68. The molecule has 0 radical (unpaired) electrons. The van der Waals surface area contributed by atoms with Crippen molar-refractivity contribution in [1.82, 2.24) is 20.1 Å². The van der Waals surface area contributed by atoms with E-state index in [0.29, 0.717) is 12.6 Å². The van der Waals surface area contributed by atoms with Crippen LogP contribution in [0.2, 0.25) is 0 Å². The average Bonchev–Trinajstić information content (AvgIpc) is 2.89. The Morgan fingerprint density at radius 1 is 1.25 bits per heavy atom. The van der Waals surface area contributed by atoms with Gasteiger partial charge in [-0.05, 0) is 30.7 Å². The van der Waals surface area contributed by atoms with Gasteiger partial charge in [0.25, 0.3) is 0 Å². The van der Waals surface area contributed by atoms with E-state index in [0.717, 1.165) is 24.5 Å². The van der Waals surface area contributed by atoms with Gasteiger partial charge in [-0.25, -0.2) is 4.98 Å². The molecule has 0 aliphatic heterocycles. The summed E-state index contributed by atoms with van der Waals surface area (Å²) in [7, 11) is 1.86. The molecule has 0 fully saturated rings. The van der Waals surface area contributed by atoms with E-state index in [1.54, 1.807) is 4.68 Å². The highest BCUT2D eigenvalue weighted by molar-refractivity contribution is 5.29. The second-order valence-corrected chi connectivity index (χ2v) is 4.68. The van der Waals surface area contributed by atoms with E-state index >= 15 is 0 Å². The number of rotatable bonds is 7. The first kappa shape index (κ1) is 14.5. The predicted molar refractivity (Wildman–Crippen MR) is 78.5 cm³/mol. The summed E-state index contributed by atoms with van der Waals surface area (Å²) < 4.78 is 7.43. The van der Waals surface area contributed by atoms with Crippen LogP contribution in [0.3, 0.4) is 0 Å². The molecular weight excluding hydrogens is 252 g/mol. The maximum atomic E-state index is 5.72. The first-order valence-corrected chi connectivity index (χ1v) is 7.03. The molecule has 1 aromatic heterocycles. The molecule has 1 atom stereocenters. The number of aryl methyl sites for hydroxylation is 1. The van der Waals surface area contributed by atoms with Gasteiger partial charge in [0.05, 0.1) is 0 Å². The smallest absolute Gasteiger partial charge is 0.164 e. The van der Waals surface area contributed by atoms with Gasteiger partial charge in [-0.2, -0.15) is 5.10 Å². The van der Waals surface area contributed by atoms with Crippen molar-refractivity contribution < 1.29 is 4.74 Å². The molecule has 1 unspecified atom stereocenters. The molecule has 5 nitrogen and oxygen atoms in total. The zero-order valence-corrected chi connectivity index (χ0v) is 12.3. The highest BCUT2D eigenvalue weighted by Crippen LogP contribution is 2.20. The predicted octanol–water partition coefficient (Wildman–Crippen LogP) is 2.45. The van der Waals surface area contributed by atoms with E-state index in [9.17, 15) is 0 Å². The summed E-state index contributed by atoms with van der Waals surface area (Å²) in [5.74, 6) is 1.66. The highest BCUT2D eigenvalue weighted by atomic mass is 16.5. The average molecular weight is 274 g/mol. The topological polar surface area (TPSA) is 52.0 Å². The Kier molecular flexibility index (Phi) is 5.12. The fourth-order valence-corrected chi connectivity index (χ4v) is 2.14. The third-order valence-corrected chi connectivity index (χ3v) is 3.31. The third-order valence-electron chi connectivity index (χ3n) is 3.31. The highest BCUT2D eigenvalue weighted by Gasteiger charge is 2.07. The van der Waals surface area contributed by atoms with Gasteiger partial charge in [-0.15, -0.1) is 0 Å². The summed E-state index contributed by atoms with van der Waals surface area (Å²) in [4.78, 5) is 4.13. The summed E-state index contributed by atoms with van der Waals surface area (Å²) in [5.41, 5.74) is 1.29. The zero-order valence-electron chi connectivity index (χ0n) is 12.3. The van der Waals surface area contributed by atoms with E-state index in [-0.39, 0.29) is 0 Å². The number of aromatic nitrogens is 3. The Labute approximate surface area is 120 Å². The minimum atomic E-state index is 0.410. The van der Waals surface area contributed by atoms with Crippen LogP contribution in [-0.2, 0) is 13.7 Å². The number of ether oxygens (including phenoxy) is 1. The van der Waals surface area contributed by atoms with E-state index in [2.05, 4.69) is 41.4 Å². The van der Waals surface area contributed by atoms with Crippen molar-refractivity contribution in [2.45, 2.75) is 32.9 Å². The van der Waals surface area contributed by atoms with Gasteiger partial charge < -0.3 is 10.1 Å². The molecule has 0 saturated carbocycles. The van der Waals surface area contributed by atoms with Crippen LogP contribution in [0.5, 0.6) is 5.75 Å². The fourth-order valence-electron chi connectivity index (χ4n) is 2.14. The lowest BCUT2D eigenvalue weighted by atomic mass is 10.0. The molecule has 0 spiro atoms. The van der Waals surface area contributed by atoms with Crippen molar-refractivity contribution in [2.75, 3.05) is 6.54 Å². The van der Waals surface area contributed by atoms with Crippen LogP contribution in [0.1, 0.15) is 37.7 Å². The monoisotopic (exact) mass is 274 g/mol. The van der Waals surface area contributed by atoms with Gasteiger partial charge >= 0.3 is 0 Å². The minimum absolute atomic E-state index is 0.410. The molecule has 5 heteroatoms. The second kappa shape index (κ2) is 7.05. The lowest BCUT2D eigenvalue weighted by Gasteiger charge is -2.16. The van der Waals surface area contributed by atoms with Crippen LogP contribution < -0.4 is 10.1 Å². The lowest BCUT2D eigenvalue weighted by molar-refractivity contribution is 0.289. The Bertz CT molecular complexity index is 521. The molecule has 1 N–H and O–H groups in total. The van der Waals surface area contributed by atoms with E-state index in [4.69, 9.17) is 4.74 Å². The van der Waals surface area contributed by atoms with E-state index in [1.165, 1.54) is 11.9 Å². The molecule has 2 aromatic rings. The first-order chi connectivity index (χ1) is 9.74. The molecule has 2 rings (SSSR count). The largest absolute Gasteiger partial charge is 0.486 e. The number of hydrogen-bond acceptors (Lipinski definition) is 4. The van der Waals surface area contributed by atoms with Gasteiger partial charge in [0, 0.05) is 13.1 Å². The van der Waals surface area contributed by atoms with Crippen LogP contribution >= 0.6 is 0 Å². The third kappa shape index (κ3) is 3.57. The Morgan fingerprint density at radius 3 is 2.55 bits per heavy atom. The van der Waals surface area contributed by atoms with Crippen molar-refractivity contribution >= 4 is 0 Å². The molecule has 0 aliphatic rings. The van der Waals surface area contributed by atoms with Gasteiger partial charge in [0.1, 0.15) is 18.7 Å². The van der Waals surface area contributed by atoms with Crippen LogP contribution in [-0.4, -0.2) is 21.3 Å². The van der Waals surface area contributed by atoms with Crippen molar-refractivity contribution in [3.63, 3.8) is 0 Å². The maximum absolute atomic E-state index is 5.72.